The third kappa shape index (κ3) is 15.8. The van der Waals surface area contributed by atoms with Gasteiger partial charge in [0.05, 0.1) is 37.6 Å². The summed E-state index contributed by atoms with van der Waals surface area (Å²) in [6.07, 6.45) is 6.51. The average molecular weight is 1050 g/mol. The third-order valence-electron chi connectivity index (χ3n) is 16.0. The zero-order valence-corrected chi connectivity index (χ0v) is 45.6. The molecule has 0 aromatic heterocycles. The Morgan fingerprint density at radius 2 is 1.55 bits per heavy atom. The summed E-state index contributed by atoms with van der Waals surface area (Å²) in [5.41, 5.74) is -0.360. The van der Waals surface area contributed by atoms with Crippen LogP contribution in [0.4, 0.5) is 0 Å². The number of ketones is 3. The van der Waals surface area contributed by atoms with E-state index in [1.165, 1.54) is 21.1 Å². The highest BCUT2D eigenvalue weighted by molar-refractivity contribution is 6.39. The van der Waals surface area contributed by atoms with E-state index >= 15 is 0 Å². The first-order valence-electron chi connectivity index (χ1n) is 26.5. The molecule has 74 heavy (non-hydrogen) atoms. The summed E-state index contributed by atoms with van der Waals surface area (Å²) in [5.74, 6) is -10.4. The quantitative estimate of drug-likeness (QED) is 0.113. The maximum Gasteiger partial charge on any atom is 0.331 e. The van der Waals surface area contributed by atoms with Gasteiger partial charge in [0.2, 0.25) is 5.79 Å². The predicted molar refractivity (Wildman–Crippen MR) is 273 cm³/mol. The maximum atomic E-state index is 14.6. The van der Waals surface area contributed by atoms with Crippen LogP contribution in [-0.2, 0) is 57.2 Å². The van der Waals surface area contributed by atoms with Gasteiger partial charge in [-0.25, -0.2) is 4.79 Å². The molecule has 3 aliphatic heterocycles. The van der Waals surface area contributed by atoms with E-state index in [2.05, 4.69) is 0 Å². The van der Waals surface area contributed by atoms with Crippen LogP contribution < -0.4 is 0 Å². The molecule has 1 saturated carbocycles. The summed E-state index contributed by atoms with van der Waals surface area (Å²) in [4.78, 5) is 85.3. The number of aliphatic hydroxyl groups is 5. The van der Waals surface area contributed by atoms with Crippen molar-refractivity contribution < 1.29 is 82.7 Å². The van der Waals surface area contributed by atoms with E-state index in [1.807, 2.05) is 44.2 Å². The van der Waals surface area contributed by atoms with Crippen molar-refractivity contribution in [3.8, 4) is 0 Å². The van der Waals surface area contributed by atoms with Crippen molar-refractivity contribution in [2.75, 3.05) is 41.1 Å². The lowest BCUT2D eigenvalue weighted by Crippen LogP contribution is -2.63. The van der Waals surface area contributed by atoms with Gasteiger partial charge in [-0.1, -0.05) is 71.1 Å². The monoisotopic (exact) mass is 1050 g/mol. The number of carbonyl (C=O) groups is 6. The minimum absolute atomic E-state index is 0.0225. The fraction of sp³-hybridized carbons (Fsp3) is 0.750. The summed E-state index contributed by atoms with van der Waals surface area (Å²) in [6.45, 7) is 12.3. The predicted octanol–water partition coefficient (Wildman–Crippen LogP) is 4.69. The van der Waals surface area contributed by atoms with Gasteiger partial charge in [0, 0.05) is 58.5 Å². The Morgan fingerprint density at radius 1 is 0.865 bits per heavy atom. The van der Waals surface area contributed by atoms with Crippen molar-refractivity contribution in [1.29, 1.82) is 0 Å². The first-order chi connectivity index (χ1) is 34.9. The minimum Gasteiger partial charge on any atom is -0.460 e. The number of rotatable bonds is 10. The van der Waals surface area contributed by atoms with Gasteiger partial charge in [-0.2, -0.15) is 0 Å². The summed E-state index contributed by atoms with van der Waals surface area (Å²) < 4.78 is 35.3. The Hall–Kier alpha value is -3.98. The van der Waals surface area contributed by atoms with Crippen LogP contribution in [0.15, 0.2) is 47.6 Å². The Labute approximate surface area is 437 Å². The van der Waals surface area contributed by atoms with E-state index in [9.17, 15) is 54.3 Å². The number of piperidine rings is 1. The van der Waals surface area contributed by atoms with Crippen molar-refractivity contribution in [2.45, 2.75) is 187 Å². The lowest BCUT2D eigenvalue weighted by molar-refractivity contribution is -0.265. The van der Waals surface area contributed by atoms with Gasteiger partial charge >= 0.3 is 11.9 Å². The molecule has 18 heteroatoms. The molecule has 18 nitrogen and oxygen atoms in total. The van der Waals surface area contributed by atoms with Crippen LogP contribution in [-0.4, -0.2) is 167 Å². The third-order valence-corrected chi connectivity index (χ3v) is 16.0. The van der Waals surface area contributed by atoms with Gasteiger partial charge in [-0.3, -0.25) is 24.0 Å². The standard InChI is InChI=1S/C56H87NO17/c1-32-16-13-12-14-17-33(2)44(69-9)28-40-21-19-38(7)56(68,74-40)51(64)52(65)57-23-15-18-41(60)47(57)53(66)72-45(29-42(61)34(3)25-37(6)49(63)50(71-11)48(62)36(5)24-32)35(4)26-39-20-22-43(46(27-39)70-10)73-54(67)55(8,30-58)31-59/h12-14,16-17,25,32,34-36,38-41,43-47,49-50,58-60,63,68H,15,18-24,26-31H2,1-11H3/b14-12+,16-13+,33-17+,37-25+/t32-,34-,35-,36-,38-,39+,40+,41?,43-,44+,45+,46-,47+,49-,50+,56-/m1/s1. The van der Waals surface area contributed by atoms with Crippen molar-refractivity contribution in [3.05, 3.63) is 47.6 Å². The molecule has 3 fully saturated rings. The number of allylic oxidation sites excluding steroid dienone is 6. The van der Waals surface area contributed by atoms with Crippen LogP contribution in [0.25, 0.3) is 0 Å². The van der Waals surface area contributed by atoms with Crippen molar-refractivity contribution in [1.82, 2.24) is 4.90 Å². The van der Waals surface area contributed by atoms with E-state index in [4.69, 9.17) is 28.4 Å². The molecule has 418 valence electrons. The van der Waals surface area contributed by atoms with Gasteiger partial charge < -0.3 is 58.9 Å². The molecule has 2 bridgehead atoms. The number of Topliss-reactive ketones (excluding diaryl/α,β-unsaturated/α-hetero) is 3. The zero-order valence-electron chi connectivity index (χ0n) is 45.6. The van der Waals surface area contributed by atoms with E-state index in [-0.39, 0.29) is 55.6 Å². The molecule has 1 aliphatic carbocycles. The maximum absolute atomic E-state index is 14.6. The normalized spacial score (nSPS) is 38.1. The van der Waals surface area contributed by atoms with Crippen molar-refractivity contribution in [2.24, 2.45) is 40.9 Å². The molecule has 4 aliphatic rings. The number of nitrogens with zero attached hydrogens (tertiary/aromatic N) is 1. The molecular weight excluding hydrogens is 959 g/mol. The SMILES string of the molecule is CO[C@H]1C[C@@H]2CC[C@@H](C)[C@@](O)(O2)C(=O)C(=O)N2CCCC(O)[C@H]2C(=O)O[C@H]([C@H](C)C[C@@H]2CC[C@@H](OC(=O)C(C)(CO)CO)[C@H](OC)C2)CC(=O)[C@H](C)/C=C(\C)[C@@H](O)[C@@H](OC)C(=O)[C@H](C)C[C@H](C)/C=C/C=C/C=C/1C. The summed E-state index contributed by atoms with van der Waals surface area (Å²) in [7, 11) is 4.37. The molecule has 0 spiro atoms. The second-order valence-corrected chi connectivity index (χ2v) is 22.0. The highest BCUT2D eigenvalue weighted by Crippen LogP contribution is 2.38. The minimum atomic E-state index is -2.56. The second kappa shape index (κ2) is 28.4. The van der Waals surface area contributed by atoms with Crippen LogP contribution in [0.3, 0.4) is 0 Å². The van der Waals surface area contributed by atoms with Crippen LogP contribution in [0.1, 0.15) is 126 Å². The second-order valence-electron chi connectivity index (χ2n) is 22.0. The Bertz CT molecular complexity index is 2050. The van der Waals surface area contributed by atoms with Gasteiger partial charge in [-0.15, -0.1) is 0 Å². The topological polar surface area (TPSA) is 262 Å². The Kier molecular flexibility index (Phi) is 24.0. The molecule has 0 radical (unpaired) electrons. The fourth-order valence-corrected chi connectivity index (χ4v) is 10.8. The van der Waals surface area contributed by atoms with E-state index in [0.717, 1.165) is 10.5 Å². The largest absolute Gasteiger partial charge is 0.460 e. The Morgan fingerprint density at radius 3 is 2.19 bits per heavy atom. The van der Waals surface area contributed by atoms with E-state index in [0.29, 0.717) is 50.5 Å². The summed E-state index contributed by atoms with van der Waals surface area (Å²) in [5, 5.41) is 54.5. The number of methoxy groups -OCH3 is 3. The van der Waals surface area contributed by atoms with Crippen LogP contribution in [0.5, 0.6) is 0 Å². The number of carbonyl (C=O) groups excluding carboxylic acids is 6. The van der Waals surface area contributed by atoms with E-state index in [1.54, 1.807) is 47.8 Å². The average Bonchev–Trinajstić information content (AvgIpc) is 3.37. The summed E-state index contributed by atoms with van der Waals surface area (Å²) in [6, 6.07) is -1.68. The number of aliphatic hydroxyl groups excluding tert-OH is 4. The number of fused-ring (bicyclic) bond motifs is 3. The Balaban J connectivity index is 1.72. The first-order valence-corrected chi connectivity index (χ1v) is 26.5. The molecular formula is C56H87NO17. The lowest BCUT2D eigenvalue weighted by Gasteiger charge is -2.43. The van der Waals surface area contributed by atoms with Crippen molar-refractivity contribution in [3.63, 3.8) is 0 Å². The van der Waals surface area contributed by atoms with Gasteiger partial charge in [0.1, 0.15) is 35.6 Å². The number of ether oxygens (including phenoxy) is 6. The molecule has 0 aromatic carbocycles. The number of amides is 1. The molecule has 2 saturated heterocycles. The number of hydrogen-bond acceptors (Lipinski definition) is 17. The molecule has 1 unspecified atom stereocenters. The first kappa shape index (κ1) is 62.6. The van der Waals surface area contributed by atoms with Crippen LogP contribution in [0.2, 0.25) is 0 Å². The molecule has 3 heterocycles. The van der Waals surface area contributed by atoms with Gasteiger partial charge in [-0.05, 0) is 107 Å². The summed E-state index contributed by atoms with van der Waals surface area (Å²) >= 11 is 0. The van der Waals surface area contributed by atoms with Crippen LogP contribution in [0, 0.1) is 40.9 Å². The molecule has 16 atom stereocenters. The molecule has 4 rings (SSSR count). The smallest absolute Gasteiger partial charge is 0.331 e. The van der Waals surface area contributed by atoms with Crippen LogP contribution >= 0.6 is 0 Å². The number of cyclic esters (lactones) is 1. The molecule has 0 aromatic rings. The molecule has 1 amide bonds. The van der Waals surface area contributed by atoms with Crippen molar-refractivity contribution >= 4 is 35.2 Å². The highest BCUT2D eigenvalue weighted by Gasteiger charge is 2.54. The number of hydrogen-bond donors (Lipinski definition) is 5. The molecule has 5 N–H and O–H groups in total. The fourth-order valence-electron chi connectivity index (χ4n) is 10.8. The lowest BCUT2D eigenvalue weighted by atomic mass is 9.78. The zero-order chi connectivity index (χ0) is 55.2. The van der Waals surface area contributed by atoms with E-state index < -0.39 is 127 Å². The van der Waals surface area contributed by atoms with Gasteiger partial charge in [0.25, 0.3) is 11.7 Å². The number of esters is 2. The van der Waals surface area contributed by atoms with Gasteiger partial charge in [0.15, 0.2) is 11.8 Å². The highest BCUT2D eigenvalue weighted by atomic mass is 16.6.